The van der Waals surface area contributed by atoms with Crippen LogP contribution in [-0.2, 0) is 0 Å². The molecule has 0 atom stereocenters. The molecule has 0 aliphatic carbocycles. The molecule has 0 bridgehead atoms. The smallest absolute Gasteiger partial charge is 0.337 e. The molecule has 0 fully saturated rings. The van der Waals surface area contributed by atoms with Crippen molar-refractivity contribution in [3.63, 3.8) is 0 Å². The van der Waals surface area contributed by atoms with Crippen LogP contribution >= 0.6 is 15.9 Å². The van der Waals surface area contributed by atoms with Crippen molar-refractivity contribution in [1.82, 2.24) is 0 Å². The van der Waals surface area contributed by atoms with Crippen molar-refractivity contribution in [3.05, 3.63) is 22.2 Å². The maximum Gasteiger partial charge on any atom is 0.337 e. The first-order chi connectivity index (χ1) is 7.20. The number of carboxylic acid groups (broad SMARTS) is 1. The Hall–Kier alpha value is -1.01. The van der Waals surface area contributed by atoms with E-state index in [4.69, 9.17) is 15.3 Å². The highest BCUT2D eigenvalue weighted by Crippen LogP contribution is 2.30. The molecule has 3 N–H and O–H groups in total. The van der Waals surface area contributed by atoms with Gasteiger partial charge in [-0.25, -0.2) is 4.79 Å². The van der Waals surface area contributed by atoms with Gasteiger partial charge in [0.1, 0.15) is 5.75 Å². The van der Waals surface area contributed by atoms with E-state index < -0.39 is 14.3 Å². The third kappa shape index (κ3) is 3.24. The van der Waals surface area contributed by atoms with Crippen molar-refractivity contribution in [2.24, 2.45) is 0 Å². The molecular formula is C10H14BrNO3Si. The summed E-state index contributed by atoms with van der Waals surface area (Å²) >= 11 is 3.14. The fourth-order valence-electron chi connectivity index (χ4n) is 1.19. The molecule has 1 aromatic carbocycles. The van der Waals surface area contributed by atoms with Gasteiger partial charge in [0, 0.05) is 6.07 Å². The summed E-state index contributed by atoms with van der Waals surface area (Å²) in [5.74, 6) is -0.517. The zero-order valence-corrected chi connectivity index (χ0v) is 12.0. The van der Waals surface area contributed by atoms with Crippen LogP contribution < -0.4 is 10.2 Å². The predicted molar refractivity (Wildman–Crippen MR) is 69.5 cm³/mol. The SMILES string of the molecule is C[Si](C)(C)Oc1cc(N)c(Br)c(C(=O)O)c1. The molecule has 0 aromatic heterocycles. The summed E-state index contributed by atoms with van der Waals surface area (Å²) < 4.78 is 6.09. The Morgan fingerprint density at radius 3 is 2.44 bits per heavy atom. The minimum absolute atomic E-state index is 0.119. The van der Waals surface area contributed by atoms with Crippen LogP contribution in [0.2, 0.25) is 19.6 Å². The minimum atomic E-state index is -1.76. The molecule has 0 unspecified atom stereocenters. The highest BCUT2D eigenvalue weighted by molar-refractivity contribution is 9.10. The number of nitrogens with two attached hydrogens (primary N) is 1. The van der Waals surface area contributed by atoms with E-state index in [9.17, 15) is 4.79 Å². The first kappa shape index (κ1) is 13.1. The minimum Gasteiger partial charge on any atom is -0.544 e. The van der Waals surface area contributed by atoms with Crippen LogP contribution in [-0.4, -0.2) is 19.4 Å². The van der Waals surface area contributed by atoms with Gasteiger partial charge in [0.05, 0.1) is 15.7 Å². The van der Waals surface area contributed by atoms with Crippen molar-refractivity contribution in [2.45, 2.75) is 19.6 Å². The van der Waals surface area contributed by atoms with Crippen molar-refractivity contribution in [1.29, 1.82) is 0 Å². The van der Waals surface area contributed by atoms with E-state index in [1.165, 1.54) is 6.07 Å². The normalized spacial score (nSPS) is 11.2. The van der Waals surface area contributed by atoms with Gasteiger partial charge in [-0.05, 0) is 41.6 Å². The molecule has 0 spiro atoms. The molecule has 0 aliphatic heterocycles. The van der Waals surface area contributed by atoms with Crippen LogP contribution in [0.25, 0.3) is 0 Å². The van der Waals surface area contributed by atoms with Crippen LogP contribution in [0.1, 0.15) is 10.4 Å². The van der Waals surface area contributed by atoms with Gasteiger partial charge in [0.25, 0.3) is 0 Å². The summed E-state index contributed by atoms with van der Waals surface area (Å²) in [7, 11) is -1.76. The van der Waals surface area contributed by atoms with Crippen molar-refractivity contribution < 1.29 is 14.3 Å². The Labute approximate surface area is 104 Å². The molecule has 0 saturated carbocycles. The topological polar surface area (TPSA) is 72.5 Å². The first-order valence-corrected chi connectivity index (χ1v) is 8.92. The quantitative estimate of drug-likeness (QED) is 0.665. The van der Waals surface area contributed by atoms with Gasteiger partial charge < -0.3 is 15.3 Å². The number of hydrogen-bond acceptors (Lipinski definition) is 3. The van der Waals surface area contributed by atoms with Gasteiger partial charge in [-0.3, -0.25) is 0 Å². The number of hydrogen-bond donors (Lipinski definition) is 2. The fraction of sp³-hybridized carbons (Fsp3) is 0.300. The second-order valence-corrected chi connectivity index (χ2v) is 9.62. The summed E-state index contributed by atoms with van der Waals surface area (Å²) in [5.41, 5.74) is 6.19. The van der Waals surface area contributed by atoms with E-state index in [1.807, 2.05) is 19.6 Å². The second-order valence-electron chi connectivity index (χ2n) is 4.39. The van der Waals surface area contributed by atoms with Crippen molar-refractivity contribution in [2.75, 3.05) is 5.73 Å². The van der Waals surface area contributed by atoms with E-state index in [1.54, 1.807) is 6.07 Å². The number of carbonyl (C=O) groups is 1. The zero-order valence-electron chi connectivity index (χ0n) is 9.37. The summed E-state index contributed by atoms with van der Waals surface area (Å²) in [4.78, 5) is 11.0. The average molecular weight is 304 g/mol. The lowest BCUT2D eigenvalue weighted by atomic mass is 10.2. The van der Waals surface area contributed by atoms with E-state index in [0.29, 0.717) is 15.9 Å². The Bertz CT molecular complexity index is 429. The van der Waals surface area contributed by atoms with Crippen molar-refractivity contribution >= 4 is 35.9 Å². The molecule has 0 saturated heterocycles. The van der Waals surface area contributed by atoms with E-state index in [0.717, 1.165) is 0 Å². The maximum atomic E-state index is 11.0. The lowest BCUT2D eigenvalue weighted by molar-refractivity contribution is 0.0695. The molecule has 0 aliphatic rings. The molecule has 0 heterocycles. The molecule has 88 valence electrons. The fourth-order valence-corrected chi connectivity index (χ4v) is 2.41. The molecule has 0 amide bonds. The molecule has 1 aromatic rings. The summed E-state index contributed by atoms with van der Waals surface area (Å²) in [5, 5.41) is 8.98. The molecular weight excluding hydrogens is 290 g/mol. The number of anilines is 1. The number of nitrogen functional groups attached to an aromatic ring is 1. The van der Waals surface area contributed by atoms with Gasteiger partial charge in [0.2, 0.25) is 8.32 Å². The molecule has 1 rings (SSSR count). The number of halogens is 1. The largest absolute Gasteiger partial charge is 0.544 e. The Morgan fingerprint density at radius 1 is 1.44 bits per heavy atom. The second kappa shape index (κ2) is 4.46. The standard InChI is InChI=1S/C10H14BrNO3Si/c1-16(2,3)15-6-4-7(10(13)14)9(11)8(12)5-6/h4-5H,12H2,1-3H3,(H,13,14). The van der Waals surface area contributed by atoms with Crippen molar-refractivity contribution in [3.8, 4) is 5.75 Å². The van der Waals surface area contributed by atoms with Crippen LogP contribution in [0.15, 0.2) is 16.6 Å². The zero-order chi connectivity index (χ0) is 12.5. The lowest BCUT2D eigenvalue weighted by Gasteiger charge is -2.20. The molecule has 6 heteroatoms. The lowest BCUT2D eigenvalue weighted by Crippen LogP contribution is -2.29. The first-order valence-electron chi connectivity index (χ1n) is 4.72. The average Bonchev–Trinajstić information content (AvgIpc) is 2.07. The van der Waals surface area contributed by atoms with Crippen LogP contribution in [0.4, 0.5) is 5.69 Å². The highest BCUT2D eigenvalue weighted by Gasteiger charge is 2.19. The summed E-state index contributed by atoms with van der Waals surface area (Å²) in [6.07, 6.45) is 0. The van der Waals surface area contributed by atoms with Gasteiger partial charge in [-0.1, -0.05) is 0 Å². The van der Waals surface area contributed by atoms with Gasteiger partial charge in [0.15, 0.2) is 0 Å². The highest BCUT2D eigenvalue weighted by atomic mass is 79.9. The third-order valence-corrected chi connectivity index (χ3v) is 3.46. The third-order valence-electron chi connectivity index (χ3n) is 1.73. The van der Waals surface area contributed by atoms with E-state index >= 15 is 0 Å². The Morgan fingerprint density at radius 2 is 2.00 bits per heavy atom. The molecule has 0 radical (unpaired) electrons. The van der Waals surface area contributed by atoms with E-state index in [2.05, 4.69) is 15.9 Å². The van der Waals surface area contributed by atoms with Crippen LogP contribution in [0.5, 0.6) is 5.75 Å². The monoisotopic (exact) mass is 303 g/mol. The summed E-state index contributed by atoms with van der Waals surface area (Å²) in [6.45, 7) is 6.06. The number of rotatable bonds is 3. The Kier molecular flexibility index (Phi) is 3.64. The predicted octanol–water partition coefficient (Wildman–Crippen LogP) is 2.94. The number of aromatic carboxylic acids is 1. The molecule has 4 nitrogen and oxygen atoms in total. The van der Waals surface area contributed by atoms with Crippen LogP contribution in [0.3, 0.4) is 0 Å². The maximum absolute atomic E-state index is 11.0. The van der Waals surface area contributed by atoms with E-state index in [-0.39, 0.29) is 5.56 Å². The van der Waals surface area contributed by atoms with Crippen LogP contribution in [0, 0.1) is 0 Å². The number of carboxylic acids is 1. The van der Waals surface area contributed by atoms with Gasteiger partial charge in [-0.15, -0.1) is 0 Å². The van der Waals surface area contributed by atoms with Gasteiger partial charge >= 0.3 is 5.97 Å². The number of benzene rings is 1. The van der Waals surface area contributed by atoms with Gasteiger partial charge in [-0.2, -0.15) is 0 Å². The molecule has 16 heavy (non-hydrogen) atoms. The summed E-state index contributed by atoms with van der Waals surface area (Å²) in [6, 6.07) is 3.12. The Balaban J connectivity index is 3.19.